The van der Waals surface area contributed by atoms with Crippen LogP contribution in [0.4, 0.5) is 0 Å². The van der Waals surface area contributed by atoms with Gasteiger partial charge >= 0.3 is 0 Å². The lowest BCUT2D eigenvalue weighted by atomic mass is 10.1. The number of carbonyl (C=O) groups excluding carboxylic acids is 2. The van der Waals surface area contributed by atoms with Crippen LogP contribution in [0.25, 0.3) is 0 Å². The Hall–Kier alpha value is -2.53. The van der Waals surface area contributed by atoms with Gasteiger partial charge in [0.1, 0.15) is 5.75 Å². The first-order chi connectivity index (χ1) is 11.4. The molecule has 5 nitrogen and oxygen atoms in total. The molecule has 24 heavy (non-hydrogen) atoms. The molecule has 0 aliphatic heterocycles. The highest BCUT2D eigenvalue weighted by Crippen LogP contribution is 2.22. The minimum Gasteiger partial charge on any atom is -0.481 e. The Kier molecular flexibility index (Phi) is 5.82. The fourth-order valence-corrected chi connectivity index (χ4v) is 2.38. The number of primary amides is 1. The summed E-state index contributed by atoms with van der Waals surface area (Å²) in [5.74, 6) is -0.148. The summed E-state index contributed by atoms with van der Waals surface area (Å²) >= 11 is 5.90. The zero-order valence-electron chi connectivity index (χ0n) is 13.5. The molecule has 2 aromatic carbocycles. The molecule has 0 fully saturated rings. The monoisotopic (exact) mass is 346 g/mol. The van der Waals surface area contributed by atoms with Gasteiger partial charge in [-0.1, -0.05) is 23.7 Å². The number of nitrogens with two attached hydrogens (primary N) is 1. The van der Waals surface area contributed by atoms with Crippen molar-refractivity contribution < 1.29 is 14.3 Å². The van der Waals surface area contributed by atoms with Gasteiger partial charge in [-0.2, -0.15) is 0 Å². The van der Waals surface area contributed by atoms with Crippen LogP contribution in [0.1, 0.15) is 28.4 Å². The Morgan fingerprint density at radius 1 is 1.25 bits per heavy atom. The van der Waals surface area contributed by atoms with E-state index in [0.29, 0.717) is 16.3 Å². The van der Waals surface area contributed by atoms with Crippen LogP contribution in [0, 0.1) is 6.92 Å². The Balaban J connectivity index is 1.94. The maximum atomic E-state index is 12.2. The summed E-state index contributed by atoms with van der Waals surface area (Å²) in [7, 11) is 0. The van der Waals surface area contributed by atoms with E-state index >= 15 is 0 Å². The van der Waals surface area contributed by atoms with Gasteiger partial charge in [-0.25, -0.2) is 0 Å². The van der Waals surface area contributed by atoms with Crippen molar-refractivity contribution in [1.29, 1.82) is 0 Å². The number of amides is 2. The molecule has 0 radical (unpaired) electrons. The highest BCUT2D eigenvalue weighted by molar-refractivity contribution is 6.30. The predicted molar refractivity (Wildman–Crippen MR) is 93.1 cm³/mol. The summed E-state index contributed by atoms with van der Waals surface area (Å²) in [4.78, 5) is 23.3. The molecule has 0 aromatic heterocycles. The maximum absolute atomic E-state index is 12.2. The van der Waals surface area contributed by atoms with Crippen LogP contribution in [-0.4, -0.2) is 17.9 Å². The van der Waals surface area contributed by atoms with Crippen molar-refractivity contribution in [3.63, 3.8) is 0 Å². The molecule has 0 saturated carbocycles. The van der Waals surface area contributed by atoms with Gasteiger partial charge in [0.25, 0.3) is 5.91 Å². The standard InChI is InChI=1S/C18H19ClN2O3/c1-11-8-15(19)6-7-16(11)24-12(2)18(23)21-10-13-4-3-5-14(9-13)17(20)22/h3-9,12H,10H2,1-2H3,(H2,20,22)(H,21,23)/t12-/m1/s1. The fourth-order valence-electron chi connectivity index (χ4n) is 2.16. The minimum absolute atomic E-state index is 0.256. The lowest BCUT2D eigenvalue weighted by Crippen LogP contribution is -2.36. The average Bonchev–Trinajstić information content (AvgIpc) is 2.55. The van der Waals surface area contributed by atoms with Crippen LogP contribution < -0.4 is 15.8 Å². The van der Waals surface area contributed by atoms with E-state index in [4.69, 9.17) is 22.1 Å². The highest BCUT2D eigenvalue weighted by Gasteiger charge is 2.15. The lowest BCUT2D eigenvalue weighted by molar-refractivity contribution is -0.127. The van der Waals surface area contributed by atoms with Crippen molar-refractivity contribution in [2.24, 2.45) is 5.73 Å². The average molecular weight is 347 g/mol. The van der Waals surface area contributed by atoms with Gasteiger partial charge in [0.2, 0.25) is 5.91 Å². The van der Waals surface area contributed by atoms with E-state index in [1.54, 1.807) is 43.3 Å². The molecule has 1 atom stereocenters. The molecule has 6 heteroatoms. The van der Waals surface area contributed by atoms with E-state index in [1.165, 1.54) is 0 Å². The summed E-state index contributed by atoms with van der Waals surface area (Å²) in [6, 6.07) is 12.0. The molecule has 0 heterocycles. The van der Waals surface area contributed by atoms with Gasteiger partial charge < -0.3 is 15.8 Å². The number of rotatable bonds is 6. The van der Waals surface area contributed by atoms with Crippen LogP contribution in [0.5, 0.6) is 5.75 Å². The smallest absolute Gasteiger partial charge is 0.261 e. The highest BCUT2D eigenvalue weighted by atomic mass is 35.5. The number of nitrogens with one attached hydrogen (secondary N) is 1. The van der Waals surface area contributed by atoms with Crippen molar-refractivity contribution in [3.05, 3.63) is 64.2 Å². The molecule has 2 amide bonds. The minimum atomic E-state index is -0.663. The number of halogens is 1. The summed E-state index contributed by atoms with van der Waals surface area (Å²) in [5.41, 5.74) is 7.29. The summed E-state index contributed by atoms with van der Waals surface area (Å²) in [6.45, 7) is 3.82. The number of ether oxygens (including phenoxy) is 1. The quantitative estimate of drug-likeness (QED) is 0.843. The Morgan fingerprint density at radius 2 is 2.00 bits per heavy atom. The summed E-state index contributed by atoms with van der Waals surface area (Å²) in [6.07, 6.45) is -0.663. The van der Waals surface area contributed by atoms with Crippen molar-refractivity contribution in [2.45, 2.75) is 26.5 Å². The van der Waals surface area contributed by atoms with Crippen molar-refractivity contribution in [2.75, 3.05) is 0 Å². The number of hydrogen-bond acceptors (Lipinski definition) is 3. The van der Waals surface area contributed by atoms with Crippen LogP contribution >= 0.6 is 11.6 Å². The van der Waals surface area contributed by atoms with Gasteiger partial charge in [-0.3, -0.25) is 9.59 Å². The van der Waals surface area contributed by atoms with E-state index in [0.717, 1.165) is 11.1 Å². The van der Waals surface area contributed by atoms with Crippen LogP contribution in [0.15, 0.2) is 42.5 Å². The number of carbonyl (C=O) groups is 2. The normalized spacial score (nSPS) is 11.6. The van der Waals surface area contributed by atoms with Gasteiger partial charge in [0.15, 0.2) is 6.10 Å². The lowest BCUT2D eigenvalue weighted by Gasteiger charge is -2.16. The third-order valence-corrected chi connectivity index (χ3v) is 3.72. The molecule has 0 aliphatic carbocycles. The van der Waals surface area contributed by atoms with Crippen LogP contribution in [0.2, 0.25) is 5.02 Å². The summed E-state index contributed by atoms with van der Waals surface area (Å²) < 4.78 is 5.67. The molecule has 3 N–H and O–H groups in total. The number of hydrogen-bond donors (Lipinski definition) is 2. The van der Waals surface area contributed by atoms with Crippen molar-refractivity contribution >= 4 is 23.4 Å². The Bertz CT molecular complexity index is 762. The maximum Gasteiger partial charge on any atom is 0.261 e. The summed E-state index contributed by atoms with van der Waals surface area (Å²) in [5, 5.41) is 3.39. The molecular formula is C18H19ClN2O3. The number of benzene rings is 2. The molecule has 2 aromatic rings. The molecule has 0 aliphatic rings. The Morgan fingerprint density at radius 3 is 2.67 bits per heavy atom. The molecule has 2 rings (SSSR count). The zero-order chi connectivity index (χ0) is 17.7. The SMILES string of the molecule is Cc1cc(Cl)ccc1O[C@H](C)C(=O)NCc1cccc(C(N)=O)c1. The first-order valence-electron chi connectivity index (χ1n) is 7.46. The third-order valence-electron chi connectivity index (χ3n) is 3.49. The predicted octanol–water partition coefficient (Wildman–Crippen LogP) is 2.83. The Labute approximate surface area is 145 Å². The van der Waals surface area contributed by atoms with Gasteiger partial charge in [-0.15, -0.1) is 0 Å². The molecule has 0 unspecified atom stereocenters. The first kappa shape index (κ1) is 17.8. The second-order valence-corrected chi connectivity index (χ2v) is 5.89. The topological polar surface area (TPSA) is 81.4 Å². The van der Waals surface area contributed by atoms with Crippen LogP contribution in [0.3, 0.4) is 0 Å². The second kappa shape index (κ2) is 7.84. The van der Waals surface area contributed by atoms with Gasteiger partial charge in [-0.05, 0) is 55.3 Å². The third kappa shape index (κ3) is 4.73. The molecular weight excluding hydrogens is 328 g/mol. The van der Waals surface area contributed by atoms with Gasteiger partial charge in [0.05, 0.1) is 0 Å². The first-order valence-corrected chi connectivity index (χ1v) is 7.84. The largest absolute Gasteiger partial charge is 0.481 e. The van der Waals surface area contributed by atoms with Gasteiger partial charge in [0, 0.05) is 17.1 Å². The second-order valence-electron chi connectivity index (χ2n) is 5.45. The number of aryl methyl sites for hydroxylation is 1. The van der Waals surface area contributed by atoms with E-state index in [9.17, 15) is 9.59 Å². The van der Waals surface area contributed by atoms with Crippen molar-refractivity contribution in [3.8, 4) is 5.75 Å². The molecule has 0 saturated heterocycles. The van der Waals surface area contributed by atoms with E-state index in [2.05, 4.69) is 5.32 Å². The molecule has 0 bridgehead atoms. The van der Waals surface area contributed by atoms with E-state index in [-0.39, 0.29) is 12.5 Å². The fraction of sp³-hybridized carbons (Fsp3) is 0.222. The van der Waals surface area contributed by atoms with E-state index in [1.807, 2.05) is 13.0 Å². The van der Waals surface area contributed by atoms with E-state index < -0.39 is 12.0 Å². The molecule has 126 valence electrons. The molecule has 0 spiro atoms. The zero-order valence-corrected chi connectivity index (χ0v) is 14.3. The van der Waals surface area contributed by atoms with Crippen LogP contribution in [-0.2, 0) is 11.3 Å². The van der Waals surface area contributed by atoms with Crippen molar-refractivity contribution in [1.82, 2.24) is 5.32 Å².